The summed E-state index contributed by atoms with van der Waals surface area (Å²) in [5.74, 6) is 0. The Morgan fingerprint density at radius 1 is 0.346 bits per heavy atom. The van der Waals surface area contributed by atoms with Crippen molar-refractivity contribution in [3.8, 4) is 22.3 Å². The van der Waals surface area contributed by atoms with Gasteiger partial charge >= 0.3 is 0 Å². The minimum Gasteiger partial charge on any atom is -0.310 e. The second kappa shape index (κ2) is 11.9. The van der Waals surface area contributed by atoms with Crippen molar-refractivity contribution in [2.45, 2.75) is 52.4 Å². The molecule has 9 rings (SSSR count). The second-order valence-corrected chi connectivity index (χ2v) is 15.5. The Kier molecular flexibility index (Phi) is 7.31. The summed E-state index contributed by atoms with van der Waals surface area (Å²) in [6.45, 7) is 14.5. The molecule has 0 aliphatic heterocycles. The molecule has 254 valence electrons. The number of rotatable bonds is 6. The first-order valence-electron chi connectivity index (χ1n) is 18.5. The molecule has 0 heterocycles. The molecule has 0 saturated heterocycles. The van der Waals surface area contributed by atoms with Crippen LogP contribution in [0, 0.1) is 13.8 Å². The molecule has 0 fully saturated rings. The van der Waals surface area contributed by atoms with Crippen molar-refractivity contribution in [3.05, 3.63) is 191 Å². The molecule has 0 amide bonds. The minimum absolute atomic E-state index is 0.204. The third kappa shape index (κ3) is 4.70. The zero-order valence-electron chi connectivity index (χ0n) is 30.9. The topological polar surface area (TPSA) is 6.48 Å². The molecule has 7 aromatic carbocycles. The van der Waals surface area contributed by atoms with E-state index < -0.39 is 0 Å². The van der Waals surface area contributed by atoms with Gasteiger partial charge in [0.25, 0.3) is 0 Å². The van der Waals surface area contributed by atoms with Crippen molar-refractivity contribution in [1.29, 1.82) is 0 Å². The van der Waals surface area contributed by atoms with Crippen molar-refractivity contribution < 1.29 is 0 Å². The maximum Gasteiger partial charge on any atom is 0.0465 e. The number of fused-ring (bicyclic) bond motifs is 7. The SMILES string of the molecule is Cc1c(C)c2c(c3c1-c1ccc(N(c4ccccc4)c4ccccc4)cc1C3(C)C)C(C)(C)c1cc(N(c3ccccc3)c3ccccc3)ccc1-2. The fourth-order valence-corrected chi connectivity index (χ4v) is 9.21. The summed E-state index contributed by atoms with van der Waals surface area (Å²) in [5.41, 5.74) is 20.6. The summed E-state index contributed by atoms with van der Waals surface area (Å²) < 4.78 is 0. The molecule has 2 aliphatic rings. The van der Waals surface area contributed by atoms with E-state index in [1.54, 1.807) is 0 Å². The Balaban J connectivity index is 1.21. The molecule has 2 nitrogen and oxygen atoms in total. The normalized spacial score (nSPS) is 14.3. The van der Waals surface area contributed by atoms with E-state index in [0.29, 0.717) is 0 Å². The number of anilines is 6. The van der Waals surface area contributed by atoms with Gasteiger partial charge in [-0.3, -0.25) is 0 Å². The highest BCUT2D eigenvalue weighted by molar-refractivity contribution is 5.96. The van der Waals surface area contributed by atoms with Gasteiger partial charge in [-0.25, -0.2) is 0 Å². The molecule has 0 aromatic heterocycles. The molecule has 0 N–H and O–H groups in total. The first-order chi connectivity index (χ1) is 25.2. The maximum atomic E-state index is 2.46. The van der Waals surface area contributed by atoms with Gasteiger partial charge in [0.1, 0.15) is 0 Å². The van der Waals surface area contributed by atoms with Crippen LogP contribution in [-0.4, -0.2) is 0 Å². The Morgan fingerprint density at radius 2 is 0.635 bits per heavy atom. The summed E-state index contributed by atoms with van der Waals surface area (Å²) in [5, 5.41) is 0. The third-order valence-electron chi connectivity index (χ3n) is 11.8. The number of hydrogen-bond donors (Lipinski definition) is 0. The van der Waals surface area contributed by atoms with Gasteiger partial charge in [0, 0.05) is 45.0 Å². The Labute approximate surface area is 308 Å². The standard InChI is InChI=1S/C50H44N2/c1-33-34(2)46-42-30-28-40(52(37-23-15-9-16-24-37)38-25-17-10-18-26-38)32-44(42)50(5,6)48(46)47-45(33)41-29-27-39(31-43(41)49(47,3)4)51(35-19-11-7-12-20-35)36-21-13-8-14-22-36/h7-32H,1-6H3. The summed E-state index contributed by atoms with van der Waals surface area (Å²) in [6, 6.07) is 57.3. The zero-order valence-corrected chi connectivity index (χ0v) is 30.9. The lowest BCUT2D eigenvalue weighted by Crippen LogP contribution is -2.25. The molecule has 0 atom stereocenters. The van der Waals surface area contributed by atoms with Crippen molar-refractivity contribution in [3.63, 3.8) is 0 Å². The smallest absolute Gasteiger partial charge is 0.0465 e. The molecule has 2 heteroatoms. The Morgan fingerprint density at radius 3 is 0.923 bits per heavy atom. The summed E-state index contributed by atoms with van der Waals surface area (Å²) >= 11 is 0. The molecule has 0 bridgehead atoms. The zero-order chi connectivity index (χ0) is 35.8. The van der Waals surface area contributed by atoms with Crippen molar-refractivity contribution in [2.24, 2.45) is 0 Å². The third-order valence-corrected chi connectivity index (χ3v) is 11.8. The van der Waals surface area contributed by atoms with E-state index in [1.807, 2.05) is 0 Å². The monoisotopic (exact) mass is 672 g/mol. The van der Waals surface area contributed by atoms with Crippen LogP contribution in [-0.2, 0) is 10.8 Å². The Bertz CT molecular complexity index is 2210. The molecule has 52 heavy (non-hydrogen) atoms. The lowest BCUT2D eigenvalue weighted by molar-refractivity contribution is 0.600. The van der Waals surface area contributed by atoms with Gasteiger partial charge < -0.3 is 9.80 Å². The van der Waals surface area contributed by atoms with Crippen LogP contribution in [0.1, 0.15) is 61.1 Å². The predicted molar refractivity (Wildman–Crippen MR) is 220 cm³/mol. The Hall–Kier alpha value is -5.86. The molecule has 0 spiro atoms. The van der Waals surface area contributed by atoms with Crippen LogP contribution in [0.15, 0.2) is 158 Å². The van der Waals surface area contributed by atoms with Crippen molar-refractivity contribution >= 4 is 34.1 Å². The van der Waals surface area contributed by atoms with E-state index in [0.717, 1.165) is 22.7 Å². The van der Waals surface area contributed by atoms with E-state index >= 15 is 0 Å². The highest BCUT2D eigenvalue weighted by Crippen LogP contribution is 2.62. The van der Waals surface area contributed by atoms with Crippen molar-refractivity contribution in [2.75, 3.05) is 9.80 Å². The van der Waals surface area contributed by atoms with Gasteiger partial charge in [-0.05, 0) is 142 Å². The average molecular weight is 673 g/mol. The summed E-state index contributed by atoms with van der Waals surface area (Å²) in [4.78, 5) is 4.77. The molecule has 0 saturated carbocycles. The average Bonchev–Trinajstić information content (AvgIpc) is 3.54. The van der Waals surface area contributed by atoms with Crippen LogP contribution in [0.25, 0.3) is 22.3 Å². The van der Waals surface area contributed by atoms with Crippen LogP contribution in [0.3, 0.4) is 0 Å². The van der Waals surface area contributed by atoms with E-state index in [4.69, 9.17) is 0 Å². The van der Waals surface area contributed by atoms with Crippen LogP contribution in [0.2, 0.25) is 0 Å². The number of benzene rings is 7. The molecule has 7 aromatic rings. The summed E-state index contributed by atoms with van der Waals surface area (Å²) in [7, 11) is 0. The van der Waals surface area contributed by atoms with Gasteiger partial charge in [-0.2, -0.15) is 0 Å². The molecular formula is C50H44N2. The molecule has 2 aliphatic carbocycles. The van der Waals surface area contributed by atoms with Crippen LogP contribution in [0.5, 0.6) is 0 Å². The summed E-state index contributed by atoms with van der Waals surface area (Å²) in [6.07, 6.45) is 0. The highest BCUT2D eigenvalue weighted by Gasteiger charge is 2.47. The van der Waals surface area contributed by atoms with Gasteiger partial charge in [0.2, 0.25) is 0 Å². The largest absolute Gasteiger partial charge is 0.310 e. The maximum absolute atomic E-state index is 2.46. The lowest BCUT2D eigenvalue weighted by Gasteiger charge is -2.33. The first kappa shape index (κ1) is 32.1. The van der Waals surface area contributed by atoms with Gasteiger partial charge in [-0.15, -0.1) is 0 Å². The van der Waals surface area contributed by atoms with Crippen molar-refractivity contribution in [1.82, 2.24) is 0 Å². The van der Waals surface area contributed by atoms with Gasteiger partial charge in [0.15, 0.2) is 0 Å². The van der Waals surface area contributed by atoms with E-state index in [1.165, 1.54) is 67.0 Å². The minimum atomic E-state index is -0.204. The van der Waals surface area contributed by atoms with Gasteiger partial charge in [0.05, 0.1) is 0 Å². The number of para-hydroxylation sites is 4. The second-order valence-electron chi connectivity index (χ2n) is 15.5. The van der Waals surface area contributed by atoms with E-state index in [2.05, 4.69) is 209 Å². The predicted octanol–water partition coefficient (Wildman–Crippen LogP) is 13.9. The fourth-order valence-electron chi connectivity index (χ4n) is 9.21. The quantitative estimate of drug-likeness (QED) is 0.173. The molecule has 0 radical (unpaired) electrons. The fraction of sp³-hybridized carbons (Fsp3) is 0.160. The molecule has 0 unspecified atom stereocenters. The van der Waals surface area contributed by atoms with Crippen LogP contribution in [0.4, 0.5) is 34.1 Å². The molecular weight excluding hydrogens is 629 g/mol. The highest BCUT2D eigenvalue weighted by atomic mass is 15.1. The lowest BCUT2D eigenvalue weighted by atomic mass is 9.71. The van der Waals surface area contributed by atoms with Gasteiger partial charge in [-0.1, -0.05) is 113 Å². The van der Waals surface area contributed by atoms with E-state index in [9.17, 15) is 0 Å². The van der Waals surface area contributed by atoms with Crippen LogP contribution >= 0.6 is 0 Å². The van der Waals surface area contributed by atoms with E-state index in [-0.39, 0.29) is 10.8 Å². The number of nitrogens with zero attached hydrogens (tertiary/aromatic N) is 2. The van der Waals surface area contributed by atoms with Crippen LogP contribution < -0.4 is 9.80 Å². The number of hydrogen-bond acceptors (Lipinski definition) is 2. The first-order valence-corrected chi connectivity index (χ1v) is 18.5.